The van der Waals surface area contributed by atoms with Crippen molar-refractivity contribution in [3.63, 3.8) is 0 Å². The third kappa shape index (κ3) is 5.12. The van der Waals surface area contributed by atoms with Crippen molar-refractivity contribution in [1.29, 1.82) is 0 Å². The summed E-state index contributed by atoms with van der Waals surface area (Å²) in [4.78, 5) is 0. The van der Waals surface area contributed by atoms with E-state index in [0.29, 0.717) is 0 Å². The Morgan fingerprint density at radius 1 is 0.523 bits per heavy atom. The van der Waals surface area contributed by atoms with E-state index in [1.807, 2.05) is 0 Å². The first-order chi connectivity index (χ1) is 20.6. The van der Waals surface area contributed by atoms with Crippen molar-refractivity contribution in [3.8, 4) is 22.3 Å². The summed E-state index contributed by atoms with van der Waals surface area (Å²) < 4.78 is 0.229. The normalized spacial score (nSPS) is 19.2. The van der Waals surface area contributed by atoms with Crippen molar-refractivity contribution in [2.24, 2.45) is 0 Å². The zero-order valence-corrected chi connectivity index (χ0v) is 33.6. The predicted molar refractivity (Wildman–Crippen MR) is 202 cm³/mol. The molecule has 4 aromatic carbocycles. The maximum atomic E-state index is 8.78. The van der Waals surface area contributed by atoms with E-state index in [1.54, 1.807) is 10.4 Å². The van der Waals surface area contributed by atoms with E-state index >= 15 is 0 Å². The van der Waals surface area contributed by atoms with Crippen LogP contribution in [0.4, 0.5) is 0 Å². The Balaban J connectivity index is 1.67. The van der Waals surface area contributed by atoms with E-state index in [0.717, 1.165) is 0 Å². The fourth-order valence-electron chi connectivity index (χ4n) is 7.86. The Hall–Kier alpha value is -1.70. The first kappa shape index (κ1) is 32.3. The van der Waals surface area contributed by atoms with E-state index in [2.05, 4.69) is 162 Å². The van der Waals surface area contributed by atoms with Crippen LogP contribution in [0, 0.1) is 0 Å². The summed E-state index contributed by atoms with van der Waals surface area (Å²) in [5.41, 5.74) is 10.6. The van der Waals surface area contributed by atoms with Crippen molar-refractivity contribution >= 4 is 53.6 Å². The second kappa shape index (κ2) is 11.2. The molecule has 44 heavy (non-hydrogen) atoms. The molecular formula is C38H45Cl2Si3Ti. The zero-order chi connectivity index (χ0) is 31.7. The molecule has 0 saturated heterocycles. The van der Waals surface area contributed by atoms with Crippen LogP contribution in [-0.4, -0.2) is 22.8 Å². The third-order valence-electron chi connectivity index (χ3n) is 10.2. The minimum atomic E-state index is -4.57. The van der Waals surface area contributed by atoms with Gasteiger partial charge in [-0.2, -0.15) is 0 Å². The summed E-state index contributed by atoms with van der Waals surface area (Å²) >= 11 is -4.57. The number of rotatable bonds is 7. The molecule has 0 aromatic heterocycles. The van der Waals surface area contributed by atoms with E-state index in [-0.39, 0.29) is 8.45 Å². The van der Waals surface area contributed by atoms with Gasteiger partial charge in [0.15, 0.2) is 0 Å². The molecule has 0 heterocycles. The quantitative estimate of drug-likeness (QED) is 0.168. The van der Waals surface area contributed by atoms with E-state index in [1.165, 1.54) is 44.5 Å². The van der Waals surface area contributed by atoms with Gasteiger partial charge in [0.1, 0.15) is 0 Å². The second-order valence-corrected chi connectivity index (χ2v) is 54.7. The second-order valence-electron chi connectivity index (χ2n) is 15.3. The zero-order valence-electron chi connectivity index (χ0n) is 27.4. The maximum absolute atomic E-state index is 8.78. The molecule has 0 fully saturated rings. The molecule has 0 spiro atoms. The molecule has 6 rings (SSSR count). The van der Waals surface area contributed by atoms with Gasteiger partial charge >= 0.3 is 279 Å². The van der Waals surface area contributed by atoms with Gasteiger partial charge in [0.2, 0.25) is 0 Å². The molecule has 0 saturated carbocycles. The Kier molecular flexibility index (Phi) is 8.23. The molecule has 0 bridgehead atoms. The minimum absolute atomic E-state index is 0.114. The number of fused-ring (bicyclic) bond motifs is 2. The van der Waals surface area contributed by atoms with Crippen LogP contribution in [0.25, 0.3) is 34.4 Å². The van der Waals surface area contributed by atoms with Crippen molar-refractivity contribution in [3.05, 3.63) is 130 Å². The molecule has 0 amide bonds. The molecule has 0 aliphatic heterocycles. The Labute approximate surface area is 276 Å². The van der Waals surface area contributed by atoms with E-state index in [9.17, 15) is 0 Å². The summed E-state index contributed by atoms with van der Waals surface area (Å²) in [7, 11) is 13.9. The number of hydrogen-bond donors (Lipinski definition) is 0. The van der Waals surface area contributed by atoms with Crippen LogP contribution >= 0.6 is 18.6 Å². The molecule has 0 radical (unpaired) electrons. The van der Waals surface area contributed by atoms with Gasteiger partial charge in [-0.15, -0.1) is 0 Å². The standard InChI is InChI=1S/2C18H19Si.C2H7Si.2ClH.Ti/c2*1-19(2,3)16-12-15-10-7-11-17(18(15)13-16)14-8-5-4-6-9-14;1-3-2;;;/h2*4-13H,1-3H3;3H,1-2H3;2*1H;/q;;;;;+2/p-2. The van der Waals surface area contributed by atoms with Gasteiger partial charge in [-0.3, -0.25) is 0 Å². The number of benzene rings is 4. The van der Waals surface area contributed by atoms with Gasteiger partial charge in [-0.05, 0) is 0 Å². The van der Waals surface area contributed by atoms with Crippen molar-refractivity contribution < 1.29 is 12.4 Å². The van der Waals surface area contributed by atoms with Gasteiger partial charge in [0, 0.05) is 0 Å². The molecular weight excluding hydrogens is 659 g/mol. The van der Waals surface area contributed by atoms with Gasteiger partial charge in [-0.25, -0.2) is 0 Å². The molecule has 6 heteroatoms. The van der Waals surface area contributed by atoms with Crippen molar-refractivity contribution in [2.75, 3.05) is 0 Å². The molecule has 2 atom stereocenters. The van der Waals surface area contributed by atoms with Crippen LogP contribution < -0.4 is 0 Å². The van der Waals surface area contributed by atoms with Crippen LogP contribution in [0.5, 0.6) is 0 Å². The first-order valence-corrected chi connectivity index (χ1v) is 34.7. The number of halogens is 2. The monoisotopic (exact) mass is 703 g/mol. The molecule has 4 aromatic rings. The average molecular weight is 705 g/mol. The molecule has 2 unspecified atom stereocenters. The molecule has 227 valence electrons. The fourth-order valence-corrected chi connectivity index (χ4v) is 40.3. The van der Waals surface area contributed by atoms with Crippen molar-refractivity contribution in [2.45, 2.75) is 60.8 Å². The van der Waals surface area contributed by atoms with E-state index < -0.39 is 35.3 Å². The molecule has 2 aliphatic rings. The molecule has 0 nitrogen and oxygen atoms in total. The average Bonchev–Trinajstić information content (AvgIpc) is 3.59. The van der Waals surface area contributed by atoms with Gasteiger partial charge in [-0.1, -0.05) is 0 Å². The predicted octanol–water partition coefficient (Wildman–Crippen LogP) is 12.3. The van der Waals surface area contributed by atoms with Crippen LogP contribution in [0.3, 0.4) is 0 Å². The summed E-state index contributed by atoms with van der Waals surface area (Å²) in [6.45, 7) is 18.3. The first-order valence-electron chi connectivity index (χ1n) is 16.0. The third-order valence-corrected chi connectivity index (χ3v) is 50.5. The summed E-state index contributed by atoms with van der Waals surface area (Å²) in [6.07, 6.45) is 5.10. The van der Waals surface area contributed by atoms with Crippen molar-refractivity contribution in [1.82, 2.24) is 0 Å². The topological polar surface area (TPSA) is 0 Å². The van der Waals surface area contributed by atoms with Gasteiger partial charge < -0.3 is 0 Å². The fraction of sp³-hybridized carbons (Fsp3) is 0.263. The summed E-state index contributed by atoms with van der Waals surface area (Å²) in [5.74, 6) is 0. The SMILES string of the molecule is C[SiH](C)[Ti]([Cl])([Cl])([CH]1C([Si](C)(C)C)=Cc2c(-c3ccccc3)cccc21)[CH]1C([Si](C)(C)C)=Cc2c(-c3ccccc3)cccc21. The van der Waals surface area contributed by atoms with Crippen LogP contribution in [-0.2, 0) is 12.4 Å². The summed E-state index contributed by atoms with van der Waals surface area (Å²) in [5, 5.41) is 3.11. The Morgan fingerprint density at radius 2 is 0.886 bits per heavy atom. The van der Waals surface area contributed by atoms with Crippen LogP contribution in [0.2, 0.25) is 52.4 Å². The van der Waals surface area contributed by atoms with E-state index in [4.69, 9.17) is 18.6 Å². The van der Waals surface area contributed by atoms with Crippen LogP contribution in [0.15, 0.2) is 107 Å². The molecule has 2 aliphatic carbocycles. The number of hydrogen-bond acceptors (Lipinski definition) is 0. The van der Waals surface area contributed by atoms with Crippen LogP contribution in [0.1, 0.15) is 30.7 Å². The van der Waals surface area contributed by atoms with Gasteiger partial charge in [0.05, 0.1) is 0 Å². The Bertz CT molecular complexity index is 1670. The molecule has 0 N–H and O–H groups in total. The Morgan fingerprint density at radius 3 is 1.20 bits per heavy atom. The number of allylic oxidation sites excluding steroid dienone is 2. The van der Waals surface area contributed by atoms with Gasteiger partial charge in [0.25, 0.3) is 0 Å². The summed E-state index contributed by atoms with van der Waals surface area (Å²) in [6, 6.07) is 35.5.